The fraction of sp³-hybridized carbons (Fsp3) is 0.118. The van der Waals surface area contributed by atoms with Crippen molar-refractivity contribution in [3.05, 3.63) is 53.6 Å². The van der Waals surface area contributed by atoms with Gasteiger partial charge in [-0.05, 0) is 42.5 Å². The molecule has 25 heavy (non-hydrogen) atoms. The molecule has 0 saturated carbocycles. The summed E-state index contributed by atoms with van der Waals surface area (Å²) in [5.74, 6) is 1.09. The van der Waals surface area contributed by atoms with Gasteiger partial charge < -0.3 is 13.9 Å². The Balaban J connectivity index is 1.57. The molecule has 0 unspecified atom stereocenters. The van der Waals surface area contributed by atoms with Crippen molar-refractivity contribution in [1.82, 2.24) is 10.2 Å². The van der Waals surface area contributed by atoms with Crippen molar-refractivity contribution >= 4 is 29.3 Å². The van der Waals surface area contributed by atoms with Gasteiger partial charge in [-0.15, -0.1) is 10.2 Å². The molecule has 2 aromatic carbocycles. The summed E-state index contributed by atoms with van der Waals surface area (Å²) in [4.78, 5) is 11.8. The summed E-state index contributed by atoms with van der Waals surface area (Å²) in [6.07, 6.45) is 0. The van der Waals surface area contributed by atoms with Crippen LogP contribution in [-0.4, -0.2) is 29.0 Å². The van der Waals surface area contributed by atoms with E-state index in [-0.39, 0.29) is 11.0 Å². The second kappa shape index (κ2) is 8.04. The third-order valence-electron chi connectivity index (χ3n) is 3.08. The minimum Gasteiger partial charge on any atom is -0.497 e. The van der Waals surface area contributed by atoms with Crippen LogP contribution in [0.2, 0.25) is 5.02 Å². The summed E-state index contributed by atoms with van der Waals surface area (Å²) >= 11 is 6.89. The summed E-state index contributed by atoms with van der Waals surface area (Å²) in [5.41, 5.74) is 0.738. The van der Waals surface area contributed by atoms with Gasteiger partial charge in [0.15, 0.2) is 0 Å². The highest BCUT2D eigenvalue weighted by atomic mass is 35.5. The molecule has 0 aliphatic carbocycles. The minimum atomic E-state index is -0.423. The van der Waals surface area contributed by atoms with Gasteiger partial charge in [0.05, 0.1) is 7.11 Å². The molecule has 0 radical (unpaired) electrons. The van der Waals surface area contributed by atoms with Crippen LogP contribution in [0.25, 0.3) is 11.5 Å². The van der Waals surface area contributed by atoms with Crippen molar-refractivity contribution in [3.63, 3.8) is 0 Å². The Kier molecular flexibility index (Phi) is 5.57. The first-order valence-electron chi connectivity index (χ1n) is 7.21. The highest BCUT2D eigenvalue weighted by Gasteiger charge is 2.13. The number of ether oxygens (including phenoxy) is 2. The molecule has 0 amide bonds. The summed E-state index contributed by atoms with van der Waals surface area (Å²) in [6.45, 7) is 0. The van der Waals surface area contributed by atoms with Crippen molar-refractivity contribution in [3.8, 4) is 23.0 Å². The van der Waals surface area contributed by atoms with Crippen LogP contribution in [0.3, 0.4) is 0 Å². The molecule has 8 heteroatoms. The van der Waals surface area contributed by atoms with Crippen molar-refractivity contribution in [2.75, 3.05) is 12.9 Å². The number of rotatable bonds is 6. The second-order valence-electron chi connectivity index (χ2n) is 4.82. The zero-order valence-electron chi connectivity index (χ0n) is 13.1. The number of carbonyl (C=O) groups excluding carboxylic acids is 1. The number of halogens is 1. The van der Waals surface area contributed by atoms with Gasteiger partial charge >= 0.3 is 5.97 Å². The number of esters is 1. The summed E-state index contributed by atoms with van der Waals surface area (Å²) in [6, 6.07) is 13.8. The average Bonchev–Trinajstić information content (AvgIpc) is 3.11. The first-order valence-corrected chi connectivity index (χ1v) is 8.57. The molecule has 0 atom stereocenters. The van der Waals surface area contributed by atoms with Crippen LogP contribution < -0.4 is 9.47 Å². The number of aromatic nitrogens is 2. The molecule has 1 heterocycles. The molecule has 128 valence electrons. The lowest BCUT2D eigenvalue weighted by Crippen LogP contribution is -2.10. The summed E-state index contributed by atoms with van der Waals surface area (Å²) in [7, 11) is 1.58. The molecule has 0 fully saturated rings. The van der Waals surface area contributed by atoms with E-state index in [0.29, 0.717) is 22.4 Å². The Hall–Kier alpha value is -2.51. The largest absolute Gasteiger partial charge is 0.497 e. The number of nitrogens with zero attached hydrogens (tertiary/aromatic N) is 2. The molecule has 3 rings (SSSR count). The zero-order chi connectivity index (χ0) is 17.6. The van der Waals surface area contributed by atoms with Crippen molar-refractivity contribution in [1.29, 1.82) is 0 Å². The van der Waals surface area contributed by atoms with Crippen molar-refractivity contribution < 1.29 is 18.7 Å². The van der Waals surface area contributed by atoms with Gasteiger partial charge in [-0.1, -0.05) is 29.4 Å². The van der Waals surface area contributed by atoms with Gasteiger partial charge in [0.25, 0.3) is 5.22 Å². The van der Waals surface area contributed by atoms with E-state index in [1.54, 1.807) is 37.4 Å². The van der Waals surface area contributed by atoms with Crippen LogP contribution >= 0.6 is 23.4 Å². The van der Waals surface area contributed by atoms with Crippen LogP contribution in [0.4, 0.5) is 0 Å². The lowest BCUT2D eigenvalue weighted by atomic mass is 10.2. The van der Waals surface area contributed by atoms with Gasteiger partial charge in [-0.2, -0.15) is 0 Å². The van der Waals surface area contributed by atoms with Crippen LogP contribution in [0.1, 0.15) is 0 Å². The Morgan fingerprint density at radius 1 is 1.16 bits per heavy atom. The molecule has 0 bridgehead atoms. The normalized spacial score (nSPS) is 10.5. The first-order chi connectivity index (χ1) is 12.1. The van der Waals surface area contributed by atoms with Crippen LogP contribution in [0.15, 0.2) is 58.2 Å². The van der Waals surface area contributed by atoms with Gasteiger partial charge in [0.1, 0.15) is 17.3 Å². The average molecular weight is 377 g/mol. The minimum absolute atomic E-state index is 0.0440. The predicted octanol–water partition coefficient (Wildman–Crippen LogP) is 4.10. The topological polar surface area (TPSA) is 74.5 Å². The van der Waals surface area contributed by atoms with E-state index < -0.39 is 5.97 Å². The fourth-order valence-corrected chi connectivity index (χ4v) is 2.59. The Bertz CT molecular complexity index is 867. The van der Waals surface area contributed by atoms with Crippen molar-refractivity contribution in [2.24, 2.45) is 0 Å². The van der Waals surface area contributed by atoms with Crippen molar-refractivity contribution in [2.45, 2.75) is 5.22 Å². The lowest BCUT2D eigenvalue weighted by Gasteiger charge is -2.02. The van der Waals surface area contributed by atoms with Crippen LogP contribution in [0.5, 0.6) is 11.5 Å². The summed E-state index contributed by atoms with van der Waals surface area (Å²) in [5, 5.41) is 8.75. The Morgan fingerprint density at radius 2 is 1.96 bits per heavy atom. The Labute approximate surface area is 153 Å². The predicted molar refractivity (Wildman–Crippen MR) is 94.1 cm³/mol. The highest BCUT2D eigenvalue weighted by Crippen LogP contribution is 2.26. The molecule has 0 spiro atoms. The number of thioether (sulfide) groups is 1. The molecular weight excluding hydrogens is 364 g/mol. The lowest BCUT2D eigenvalue weighted by molar-refractivity contribution is -0.131. The molecule has 1 aromatic heterocycles. The van der Waals surface area contributed by atoms with E-state index in [1.165, 1.54) is 0 Å². The number of hydrogen-bond donors (Lipinski definition) is 0. The van der Waals surface area contributed by atoms with E-state index >= 15 is 0 Å². The maximum absolute atomic E-state index is 11.8. The van der Waals surface area contributed by atoms with E-state index in [9.17, 15) is 4.79 Å². The fourth-order valence-electron chi connectivity index (χ4n) is 1.93. The smallest absolute Gasteiger partial charge is 0.321 e. The third kappa shape index (κ3) is 4.74. The number of methoxy groups -OCH3 is 1. The molecule has 6 nitrogen and oxygen atoms in total. The van der Waals surface area contributed by atoms with Crippen LogP contribution in [-0.2, 0) is 4.79 Å². The molecule has 0 N–H and O–H groups in total. The summed E-state index contributed by atoms with van der Waals surface area (Å²) < 4.78 is 15.9. The highest BCUT2D eigenvalue weighted by molar-refractivity contribution is 7.99. The van der Waals surface area contributed by atoms with Crippen LogP contribution in [0, 0.1) is 0 Å². The van der Waals surface area contributed by atoms with E-state index in [4.69, 9.17) is 25.5 Å². The third-order valence-corrected chi connectivity index (χ3v) is 4.13. The SMILES string of the molecule is COc1cccc(-c2nnc(SCC(=O)Oc3ccc(Cl)cc3)o2)c1. The maximum atomic E-state index is 11.8. The standard InChI is InChI=1S/C17H13ClN2O4S/c1-22-14-4-2-3-11(9-14)16-19-20-17(24-16)25-10-15(21)23-13-7-5-12(18)6-8-13/h2-9H,10H2,1H3. The molecule has 0 aliphatic rings. The monoisotopic (exact) mass is 376 g/mol. The number of benzene rings is 2. The molecule has 0 saturated heterocycles. The molecular formula is C17H13ClN2O4S. The quantitative estimate of drug-likeness (QED) is 0.364. The number of hydrogen-bond acceptors (Lipinski definition) is 7. The maximum Gasteiger partial charge on any atom is 0.321 e. The molecule has 0 aliphatic heterocycles. The molecule has 3 aromatic rings. The van der Waals surface area contributed by atoms with E-state index in [0.717, 1.165) is 17.3 Å². The van der Waals surface area contributed by atoms with Gasteiger partial charge in [0, 0.05) is 10.6 Å². The first kappa shape index (κ1) is 17.3. The van der Waals surface area contributed by atoms with Gasteiger partial charge in [-0.25, -0.2) is 0 Å². The van der Waals surface area contributed by atoms with Gasteiger partial charge in [0.2, 0.25) is 5.89 Å². The van der Waals surface area contributed by atoms with Gasteiger partial charge in [-0.3, -0.25) is 4.79 Å². The van der Waals surface area contributed by atoms with E-state index in [2.05, 4.69) is 10.2 Å². The second-order valence-corrected chi connectivity index (χ2v) is 6.18. The van der Waals surface area contributed by atoms with E-state index in [1.807, 2.05) is 18.2 Å². The number of carbonyl (C=O) groups is 1. The Morgan fingerprint density at radius 3 is 2.72 bits per heavy atom. The zero-order valence-corrected chi connectivity index (χ0v) is 14.7.